The highest BCUT2D eigenvalue weighted by Gasteiger charge is 2.47. The summed E-state index contributed by atoms with van der Waals surface area (Å²) in [5.41, 5.74) is 1.04. The predicted octanol–water partition coefficient (Wildman–Crippen LogP) is 2.33. The molecule has 2 atom stereocenters. The van der Waals surface area contributed by atoms with Gasteiger partial charge in [0.05, 0.1) is 6.61 Å². The molecule has 1 aliphatic heterocycles. The van der Waals surface area contributed by atoms with E-state index in [1.165, 1.54) is 0 Å². The van der Waals surface area contributed by atoms with Gasteiger partial charge in [0.25, 0.3) is 0 Å². The molecule has 1 aromatic rings. The minimum atomic E-state index is -0.402. The molecular weight excluding hydrogens is 204 g/mol. The van der Waals surface area contributed by atoms with E-state index in [1.807, 2.05) is 44.2 Å². The van der Waals surface area contributed by atoms with Crippen LogP contribution in [0.2, 0.25) is 0 Å². The molecule has 0 spiro atoms. The fourth-order valence-corrected chi connectivity index (χ4v) is 1.52. The molecule has 3 heteroatoms. The minimum Gasteiger partial charge on any atom is -0.463 e. The Bertz CT molecular complexity index is 359. The average molecular weight is 220 g/mol. The highest BCUT2D eigenvalue weighted by Crippen LogP contribution is 2.39. The number of ether oxygens (including phenoxy) is 2. The molecule has 1 heterocycles. The molecule has 2 rings (SSSR count). The normalized spacial score (nSPS) is 23.2. The van der Waals surface area contributed by atoms with Gasteiger partial charge in [-0.2, -0.15) is 0 Å². The third-order valence-corrected chi connectivity index (χ3v) is 2.41. The molecule has 0 amide bonds. The van der Waals surface area contributed by atoms with Crippen molar-refractivity contribution in [1.82, 2.24) is 0 Å². The van der Waals surface area contributed by atoms with E-state index in [0.29, 0.717) is 12.5 Å². The molecule has 3 nitrogen and oxygen atoms in total. The molecule has 0 radical (unpaired) electrons. The number of carbonyl (C=O) groups is 1. The van der Waals surface area contributed by atoms with Crippen LogP contribution in [0.4, 0.5) is 0 Å². The molecule has 1 saturated heterocycles. The maximum Gasteiger partial charge on any atom is 0.338 e. The fraction of sp³-hybridized carbons (Fsp3) is 0.462. The Labute approximate surface area is 95.4 Å². The van der Waals surface area contributed by atoms with Crippen molar-refractivity contribution < 1.29 is 14.3 Å². The average Bonchev–Trinajstić information content (AvgIpc) is 3.07. The van der Waals surface area contributed by atoms with Gasteiger partial charge in [0, 0.05) is 0 Å². The number of rotatable bonds is 4. The fourth-order valence-electron chi connectivity index (χ4n) is 1.52. The molecule has 1 fully saturated rings. The lowest BCUT2D eigenvalue weighted by Gasteiger charge is -2.04. The lowest BCUT2D eigenvalue weighted by atomic mass is 10.1. The summed E-state index contributed by atoms with van der Waals surface area (Å²) >= 11 is 0. The van der Waals surface area contributed by atoms with E-state index in [9.17, 15) is 4.79 Å². The highest BCUT2D eigenvalue weighted by atomic mass is 16.6. The molecular formula is C13H16O3. The second kappa shape index (κ2) is 4.66. The van der Waals surface area contributed by atoms with Gasteiger partial charge in [-0.05, 0) is 11.5 Å². The van der Waals surface area contributed by atoms with Crippen molar-refractivity contribution >= 4 is 5.97 Å². The molecule has 0 saturated carbocycles. The van der Waals surface area contributed by atoms with Crippen LogP contribution in [0.25, 0.3) is 0 Å². The standard InChI is InChI=1S/C13H16O3/c1-9(2)8-15-13(14)12-11(16-12)10-6-4-3-5-7-10/h3-7,9,11-12H,8H2,1-2H3/t11-,12-/m0/s1. The van der Waals surface area contributed by atoms with Gasteiger partial charge >= 0.3 is 5.97 Å². The quantitative estimate of drug-likeness (QED) is 0.577. The Hall–Kier alpha value is -1.35. The number of carbonyl (C=O) groups excluding carboxylic acids is 1. The van der Waals surface area contributed by atoms with Crippen LogP contribution in [0.1, 0.15) is 25.5 Å². The molecule has 0 aliphatic carbocycles. The zero-order valence-electron chi connectivity index (χ0n) is 9.55. The number of benzene rings is 1. The monoisotopic (exact) mass is 220 g/mol. The first kappa shape index (κ1) is 11.1. The Balaban J connectivity index is 1.85. The molecule has 0 bridgehead atoms. The molecule has 0 N–H and O–H groups in total. The summed E-state index contributed by atoms with van der Waals surface area (Å²) in [6.45, 7) is 4.48. The largest absolute Gasteiger partial charge is 0.463 e. The predicted molar refractivity (Wildman–Crippen MR) is 59.9 cm³/mol. The zero-order chi connectivity index (χ0) is 11.5. The molecule has 0 aromatic heterocycles. The van der Waals surface area contributed by atoms with E-state index in [2.05, 4.69) is 0 Å². The second-order valence-corrected chi connectivity index (χ2v) is 4.41. The smallest absolute Gasteiger partial charge is 0.338 e. The van der Waals surface area contributed by atoms with Gasteiger partial charge in [-0.1, -0.05) is 44.2 Å². The Morgan fingerprint density at radius 3 is 2.69 bits per heavy atom. The summed E-state index contributed by atoms with van der Waals surface area (Å²) in [6, 6.07) is 9.74. The van der Waals surface area contributed by atoms with E-state index in [4.69, 9.17) is 9.47 Å². The third kappa shape index (κ3) is 2.61. The highest BCUT2D eigenvalue weighted by molar-refractivity contribution is 5.78. The molecule has 1 aliphatic rings. The number of esters is 1. The minimum absolute atomic E-state index is 0.110. The lowest BCUT2D eigenvalue weighted by Crippen LogP contribution is -2.15. The first-order valence-corrected chi connectivity index (χ1v) is 5.55. The zero-order valence-corrected chi connectivity index (χ0v) is 9.55. The lowest BCUT2D eigenvalue weighted by molar-refractivity contribution is -0.146. The summed E-state index contributed by atoms with van der Waals surface area (Å²) < 4.78 is 10.4. The van der Waals surface area contributed by atoms with E-state index in [0.717, 1.165) is 5.56 Å². The summed E-state index contributed by atoms with van der Waals surface area (Å²) in [5.74, 6) is 0.112. The Morgan fingerprint density at radius 1 is 1.38 bits per heavy atom. The van der Waals surface area contributed by atoms with Crippen LogP contribution in [0.15, 0.2) is 30.3 Å². The van der Waals surface area contributed by atoms with Gasteiger partial charge in [0.15, 0.2) is 6.10 Å². The molecule has 86 valence electrons. The second-order valence-electron chi connectivity index (χ2n) is 4.41. The molecule has 16 heavy (non-hydrogen) atoms. The first-order valence-electron chi connectivity index (χ1n) is 5.55. The SMILES string of the molecule is CC(C)COC(=O)[C@H]1O[C@H]1c1ccccc1. The van der Waals surface area contributed by atoms with E-state index >= 15 is 0 Å². The van der Waals surface area contributed by atoms with Crippen LogP contribution in [0.5, 0.6) is 0 Å². The van der Waals surface area contributed by atoms with Gasteiger partial charge in [-0.3, -0.25) is 0 Å². The topological polar surface area (TPSA) is 38.8 Å². The maximum atomic E-state index is 11.5. The summed E-state index contributed by atoms with van der Waals surface area (Å²) in [5, 5.41) is 0. The van der Waals surface area contributed by atoms with Crippen molar-refractivity contribution in [2.24, 2.45) is 5.92 Å². The van der Waals surface area contributed by atoms with Gasteiger partial charge in [-0.25, -0.2) is 4.79 Å². The van der Waals surface area contributed by atoms with Crippen LogP contribution < -0.4 is 0 Å². The summed E-state index contributed by atoms with van der Waals surface area (Å²) in [7, 11) is 0. The van der Waals surface area contributed by atoms with Gasteiger partial charge in [0.1, 0.15) is 6.10 Å². The van der Waals surface area contributed by atoms with Gasteiger partial charge in [0.2, 0.25) is 0 Å². The maximum absolute atomic E-state index is 11.5. The van der Waals surface area contributed by atoms with Crippen LogP contribution in [0, 0.1) is 5.92 Å². The molecule has 1 aromatic carbocycles. The van der Waals surface area contributed by atoms with E-state index < -0.39 is 6.10 Å². The van der Waals surface area contributed by atoms with Crippen LogP contribution in [-0.4, -0.2) is 18.7 Å². The van der Waals surface area contributed by atoms with Gasteiger partial charge in [-0.15, -0.1) is 0 Å². The number of hydrogen-bond acceptors (Lipinski definition) is 3. The Kier molecular flexibility index (Phi) is 3.25. The number of epoxide rings is 1. The van der Waals surface area contributed by atoms with Crippen molar-refractivity contribution in [3.05, 3.63) is 35.9 Å². The third-order valence-electron chi connectivity index (χ3n) is 2.41. The molecule has 0 unspecified atom stereocenters. The van der Waals surface area contributed by atoms with Crippen molar-refractivity contribution in [1.29, 1.82) is 0 Å². The summed E-state index contributed by atoms with van der Waals surface area (Å²) in [4.78, 5) is 11.5. The van der Waals surface area contributed by atoms with Crippen LogP contribution in [-0.2, 0) is 14.3 Å². The Morgan fingerprint density at radius 2 is 2.06 bits per heavy atom. The van der Waals surface area contributed by atoms with Crippen LogP contribution >= 0.6 is 0 Å². The van der Waals surface area contributed by atoms with Gasteiger partial charge < -0.3 is 9.47 Å². The van der Waals surface area contributed by atoms with E-state index in [1.54, 1.807) is 0 Å². The van der Waals surface area contributed by atoms with Crippen molar-refractivity contribution in [2.45, 2.75) is 26.1 Å². The number of hydrogen-bond donors (Lipinski definition) is 0. The van der Waals surface area contributed by atoms with Crippen molar-refractivity contribution in [3.8, 4) is 0 Å². The van der Waals surface area contributed by atoms with Crippen molar-refractivity contribution in [3.63, 3.8) is 0 Å². The van der Waals surface area contributed by atoms with E-state index in [-0.39, 0.29) is 12.1 Å². The summed E-state index contributed by atoms with van der Waals surface area (Å²) in [6.07, 6.45) is -0.512. The first-order chi connectivity index (χ1) is 7.68. The van der Waals surface area contributed by atoms with Crippen LogP contribution in [0.3, 0.4) is 0 Å². The van der Waals surface area contributed by atoms with Crippen molar-refractivity contribution in [2.75, 3.05) is 6.61 Å².